The maximum absolute atomic E-state index is 5.37. The number of piperidine rings is 1. The summed E-state index contributed by atoms with van der Waals surface area (Å²) in [7, 11) is 0. The minimum atomic E-state index is 0.690. The number of thiophene rings is 1. The Morgan fingerprint density at radius 3 is 2.85 bits per heavy atom. The topological polar surface area (TPSA) is 52.8 Å². The molecule has 2 N–H and O–H groups in total. The number of aliphatic imine (C=N–C) groups is 1. The predicted molar refractivity (Wildman–Crippen MR) is 109 cm³/mol. The minimum Gasteiger partial charge on any atom is -0.469 e. The second kappa shape index (κ2) is 10.4. The fraction of sp³-hybridized carbons (Fsp3) is 0.550. The number of rotatable bonds is 8. The molecule has 1 aliphatic rings. The Morgan fingerprint density at radius 2 is 2.15 bits per heavy atom. The van der Waals surface area contributed by atoms with Gasteiger partial charge in [-0.1, -0.05) is 6.07 Å². The summed E-state index contributed by atoms with van der Waals surface area (Å²) >= 11 is 1.86. The van der Waals surface area contributed by atoms with E-state index in [2.05, 4.69) is 40.0 Å². The highest BCUT2D eigenvalue weighted by molar-refractivity contribution is 7.09. The summed E-state index contributed by atoms with van der Waals surface area (Å²) in [6.07, 6.45) is 5.07. The van der Waals surface area contributed by atoms with Crippen LogP contribution in [0.1, 0.15) is 30.4 Å². The molecule has 3 heterocycles. The van der Waals surface area contributed by atoms with Crippen molar-refractivity contribution in [1.82, 2.24) is 15.5 Å². The van der Waals surface area contributed by atoms with E-state index in [4.69, 9.17) is 9.41 Å². The van der Waals surface area contributed by atoms with Crippen molar-refractivity contribution in [2.45, 2.75) is 32.7 Å². The van der Waals surface area contributed by atoms with Crippen LogP contribution in [0.15, 0.2) is 45.3 Å². The first kappa shape index (κ1) is 19.0. The van der Waals surface area contributed by atoms with Gasteiger partial charge < -0.3 is 15.1 Å². The van der Waals surface area contributed by atoms with Crippen LogP contribution in [0, 0.1) is 5.92 Å². The molecule has 5 nitrogen and oxygen atoms in total. The van der Waals surface area contributed by atoms with E-state index in [1.54, 1.807) is 6.26 Å². The summed E-state index contributed by atoms with van der Waals surface area (Å²) in [5, 5.41) is 8.91. The molecule has 0 atom stereocenters. The molecule has 3 rings (SSSR count). The van der Waals surface area contributed by atoms with E-state index < -0.39 is 0 Å². The van der Waals surface area contributed by atoms with Gasteiger partial charge >= 0.3 is 0 Å². The van der Waals surface area contributed by atoms with Gasteiger partial charge in [0.2, 0.25) is 0 Å². The molecule has 0 aromatic carbocycles. The van der Waals surface area contributed by atoms with Gasteiger partial charge in [0.1, 0.15) is 5.76 Å². The Hall–Kier alpha value is -1.79. The van der Waals surface area contributed by atoms with Crippen molar-refractivity contribution in [3.8, 4) is 0 Å². The third kappa shape index (κ3) is 6.18. The van der Waals surface area contributed by atoms with Gasteiger partial charge in [-0.05, 0) is 62.4 Å². The van der Waals surface area contributed by atoms with Gasteiger partial charge in [0, 0.05) is 37.5 Å². The molecule has 1 saturated heterocycles. The van der Waals surface area contributed by atoms with Crippen LogP contribution < -0.4 is 10.6 Å². The lowest BCUT2D eigenvalue weighted by Crippen LogP contribution is -2.39. The Labute approximate surface area is 160 Å². The Balaban J connectivity index is 1.38. The van der Waals surface area contributed by atoms with Crippen molar-refractivity contribution >= 4 is 17.3 Å². The van der Waals surface area contributed by atoms with Gasteiger partial charge in [-0.25, -0.2) is 0 Å². The highest BCUT2D eigenvalue weighted by Gasteiger charge is 2.19. The average molecular weight is 375 g/mol. The lowest BCUT2D eigenvalue weighted by molar-refractivity contribution is 0.182. The van der Waals surface area contributed by atoms with Crippen LogP contribution in [0.25, 0.3) is 0 Å². The first-order valence-electron chi connectivity index (χ1n) is 9.62. The van der Waals surface area contributed by atoms with Gasteiger partial charge in [0.15, 0.2) is 5.96 Å². The number of guanidine groups is 1. The average Bonchev–Trinajstić information content (AvgIpc) is 3.35. The zero-order valence-corrected chi connectivity index (χ0v) is 16.4. The first-order valence-corrected chi connectivity index (χ1v) is 10.5. The standard InChI is InChI=1S/C20H30N4OS/c1-2-21-20(22-10-7-18-5-3-13-25-18)23-15-17-8-11-24(12-9-17)16-19-6-4-14-26-19/h3-6,13-14,17H,2,7-12,15-16H2,1H3,(H2,21,22,23). The third-order valence-corrected chi connectivity index (χ3v) is 5.62. The quantitative estimate of drug-likeness (QED) is 0.550. The van der Waals surface area contributed by atoms with Crippen molar-refractivity contribution in [3.63, 3.8) is 0 Å². The van der Waals surface area contributed by atoms with E-state index in [1.807, 2.05) is 23.5 Å². The maximum Gasteiger partial charge on any atom is 0.191 e. The molecule has 142 valence electrons. The van der Waals surface area contributed by atoms with Crippen molar-refractivity contribution < 1.29 is 4.42 Å². The predicted octanol–water partition coefficient (Wildman–Crippen LogP) is 3.35. The molecule has 6 heteroatoms. The molecule has 1 aliphatic heterocycles. The van der Waals surface area contributed by atoms with Crippen LogP contribution in [-0.2, 0) is 13.0 Å². The molecule has 2 aromatic heterocycles. The van der Waals surface area contributed by atoms with E-state index >= 15 is 0 Å². The smallest absolute Gasteiger partial charge is 0.191 e. The van der Waals surface area contributed by atoms with Crippen LogP contribution in [0.4, 0.5) is 0 Å². The van der Waals surface area contributed by atoms with E-state index in [0.717, 1.165) is 44.3 Å². The van der Waals surface area contributed by atoms with E-state index in [0.29, 0.717) is 5.92 Å². The number of hydrogen-bond acceptors (Lipinski definition) is 4. The van der Waals surface area contributed by atoms with Gasteiger partial charge in [-0.2, -0.15) is 0 Å². The van der Waals surface area contributed by atoms with Gasteiger partial charge in [-0.3, -0.25) is 9.89 Å². The number of hydrogen-bond donors (Lipinski definition) is 2. The summed E-state index contributed by atoms with van der Waals surface area (Å²) in [5.74, 6) is 2.61. The van der Waals surface area contributed by atoms with Crippen molar-refractivity contribution in [3.05, 3.63) is 46.5 Å². The summed E-state index contributed by atoms with van der Waals surface area (Å²) in [4.78, 5) is 8.84. The highest BCUT2D eigenvalue weighted by Crippen LogP contribution is 2.20. The van der Waals surface area contributed by atoms with Crippen LogP contribution in [0.3, 0.4) is 0 Å². The molecule has 0 unspecified atom stereocenters. The Bertz CT molecular complexity index is 631. The van der Waals surface area contributed by atoms with E-state index in [-0.39, 0.29) is 0 Å². The SMILES string of the molecule is CCNC(=NCC1CCN(Cc2cccs2)CC1)NCCc1ccco1. The maximum atomic E-state index is 5.37. The summed E-state index contributed by atoms with van der Waals surface area (Å²) in [6, 6.07) is 8.32. The second-order valence-corrected chi connectivity index (χ2v) is 7.81. The molecular formula is C20H30N4OS. The second-order valence-electron chi connectivity index (χ2n) is 6.77. The molecule has 0 radical (unpaired) electrons. The lowest BCUT2D eigenvalue weighted by atomic mass is 9.97. The number of nitrogens with one attached hydrogen (secondary N) is 2. The molecule has 0 spiro atoms. The molecule has 0 aliphatic carbocycles. The van der Waals surface area contributed by atoms with Crippen molar-refractivity contribution in [1.29, 1.82) is 0 Å². The van der Waals surface area contributed by atoms with E-state index in [1.165, 1.54) is 30.8 Å². The number of likely N-dealkylation sites (tertiary alicyclic amines) is 1. The van der Waals surface area contributed by atoms with Gasteiger partial charge in [-0.15, -0.1) is 11.3 Å². The zero-order valence-electron chi connectivity index (χ0n) is 15.6. The van der Waals surface area contributed by atoms with Crippen LogP contribution in [-0.4, -0.2) is 43.6 Å². The van der Waals surface area contributed by atoms with Gasteiger partial charge in [0.05, 0.1) is 6.26 Å². The first-order chi connectivity index (χ1) is 12.8. The van der Waals surface area contributed by atoms with Crippen LogP contribution in [0.2, 0.25) is 0 Å². The molecule has 26 heavy (non-hydrogen) atoms. The fourth-order valence-corrected chi connectivity index (χ4v) is 4.02. The lowest BCUT2D eigenvalue weighted by Gasteiger charge is -2.31. The zero-order chi connectivity index (χ0) is 18.0. The fourth-order valence-electron chi connectivity index (χ4n) is 3.27. The largest absolute Gasteiger partial charge is 0.469 e. The normalized spacial score (nSPS) is 16.7. The molecule has 2 aromatic rings. The third-order valence-electron chi connectivity index (χ3n) is 4.76. The molecule has 1 fully saturated rings. The van der Waals surface area contributed by atoms with Crippen molar-refractivity contribution in [2.24, 2.45) is 10.9 Å². The van der Waals surface area contributed by atoms with Crippen LogP contribution in [0.5, 0.6) is 0 Å². The molecule has 0 saturated carbocycles. The summed E-state index contributed by atoms with van der Waals surface area (Å²) in [5.41, 5.74) is 0. The Morgan fingerprint density at radius 1 is 1.27 bits per heavy atom. The Kier molecular flexibility index (Phi) is 7.58. The minimum absolute atomic E-state index is 0.690. The van der Waals surface area contributed by atoms with Gasteiger partial charge in [0.25, 0.3) is 0 Å². The summed E-state index contributed by atoms with van der Waals surface area (Å²) < 4.78 is 5.37. The summed E-state index contributed by atoms with van der Waals surface area (Å²) in [6.45, 7) is 8.19. The van der Waals surface area contributed by atoms with Crippen molar-refractivity contribution in [2.75, 3.05) is 32.7 Å². The molecule has 0 amide bonds. The number of nitrogens with zero attached hydrogens (tertiary/aromatic N) is 2. The highest BCUT2D eigenvalue weighted by atomic mass is 32.1. The molecule has 0 bridgehead atoms. The van der Waals surface area contributed by atoms with E-state index in [9.17, 15) is 0 Å². The number of furan rings is 1. The monoisotopic (exact) mass is 374 g/mol. The molecular weight excluding hydrogens is 344 g/mol. The van der Waals surface area contributed by atoms with Crippen LogP contribution >= 0.6 is 11.3 Å².